The number of hydrogen-bond acceptors (Lipinski definition) is 2. The molecule has 88 valence electrons. The van der Waals surface area contributed by atoms with Crippen LogP contribution in [0.25, 0.3) is 10.9 Å². The van der Waals surface area contributed by atoms with Crippen molar-refractivity contribution in [3.63, 3.8) is 0 Å². The van der Waals surface area contributed by atoms with Crippen molar-refractivity contribution in [2.24, 2.45) is 0 Å². The molecule has 0 spiro atoms. The summed E-state index contributed by atoms with van der Waals surface area (Å²) >= 11 is 0. The summed E-state index contributed by atoms with van der Waals surface area (Å²) in [4.78, 5) is 25.0. The highest BCUT2D eigenvalue weighted by atomic mass is 16.4. The minimum absolute atomic E-state index is 0.136. The third kappa shape index (κ3) is 2.20. The highest BCUT2D eigenvalue weighted by molar-refractivity contribution is 5.88. The lowest BCUT2D eigenvalue weighted by Crippen LogP contribution is -2.10. The summed E-state index contributed by atoms with van der Waals surface area (Å²) in [5.74, 6) is -0.934. The van der Waals surface area contributed by atoms with Crippen LogP contribution < -0.4 is 5.56 Å². The number of benzene rings is 1. The monoisotopic (exact) mass is 231 g/mol. The highest BCUT2D eigenvalue weighted by Crippen LogP contribution is 2.21. The number of H-pyrrole nitrogens is 1. The lowest BCUT2D eigenvalue weighted by molar-refractivity contribution is -0.136. The summed E-state index contributed by atoms with van der Waals surface area (Å²) < 4.78 is 0. The molecule has 4 heteroatoms. The molecule has 2 aromatic rings. The number of aromatic amines is 1. The maximum absolute atomic E-state index is 11.5. The fourth-order valence-corrected chi connectivity index (χ4v) is 2.09. The molecule has 1 aromatic carbocycles. The summed E-state index contributed by atoms with van der Waals surface area (Å²) in [6.07, 6.45) is -0.136. The lowest BCUT2D eigenvalue weighted by atomic mass is 10.0. The molecule has 0 atom stereocenters. The van der Waals surface area contributed by atoms with E-state index in [1.54, 1.807) is 0 Å². The van der Waals surface area contributed by atoms with Crippen molar-refractivity contribution >= 4 is 16.9 Å². The zero-order valence-corrected chi connectivity index (χ0v) is 9.70. The summed E-state index contributed by atoms with van der Waals surface area (Å²) in [7, 11) is 0. The minimum Gasteiger partial charge on any atom is -0.481 e. The van der Waals surface area contributed by atoms with Gasteiger partial charge in [-0.1, -0.05) is 11.6 Å². The molecule has 0 aliphatic carbocycles. The van der Waals surface area contributed by atoms with Gasteiger partial charge in [0.1, 0.15) is 0 Å². The maximum atomic E-state index is 11.5. The smallest absolute Gasteiger partial charge is 0.307 e. The number of carboxylic acid groups (broad SMARTS) is 1. The van der Waals surface area contributed by atoms with Gasteiger partial charge in [-0.3, -0.25) is 9.59 Å². The first kappa shape index (κ1) is 11.4. The summed E-state index contributed by atoms with van der Waals surface area (Å²) in [5, 5.41) is 9.65. The Kier molecular flexibility index (Phi) is 2.71. The Morgan fingerprint density at radius 2 is 2.00 bits per heavy atom. The van der Waals surface area contributed by atoms with E-state index in [9.17, 15) is 9.59 Å². The molecular weight excluding hydrogens is 218 g/mol. The van der Waals surface area contributed by atoms with E-state index in [1.807, 2.05) is 26.0 Å². The molecule has 1 heterocycles. The van der Waals surface area contributed by atoms with E-state index in [4.69, 9.17) is 5.11 Å². The first-order chi connectivity index (χ1) is 7.97. The maximum Gasteiger partial charge on any atom is 0.307 e. The number of pyridine rings is 1. The molecule has 1 aromatic heterocycles. The Morgan fingerprint density at radius 1 is 1.29 bits per heavy atom. The second-order valence-corrected chi connectivity index (χ2v) is 4.23. The molecule has 0 unspecified atom stereocenters. The van der Waals surface area contributed by atoms with E-state index in [2.05, 4.69) is 4.98 Å². The van der Waals surface area contributed by atoms with Crippen LogP contribution in [0.15, 0.2) is 23.0 Å². The van der Waals surface area contributed by atoms with Gasteiger partial charge in [0.15, 0.2) is 0 Å². The van der Waals surface area contributed by atoms with E-state index < -0.39 is 5.97 Å². The predicted octanol–water partition coefficient (Wildman–Crippen LogP) is 1.77. The number of nitrogens with one attached hydrogen (secondary N) is 1. The molecule has 0 amide bonds. The van der Waals surface area contributed by atoms with Gasteiger partial charge in [-0.15, -0.1) is 0 Å². The van der Waals surface area contributed by atoms with Gasteiger partial charge >= 0.3 is 5.97 Å². The number of rotatable bonds is 2. The number of aliphatic carboxylic acids is 1. The first-order valence-corrected chi connectivity index (χ1v) is 5.32. The third-order valence-corrected chi connectivity index (χ3v) is 2.72. The Morgan fingerprint density at radius 3 is 2.65 bits per heavy atom. The second-order valence-electron chi connectivity index (χ2n) is 4.23. The van der Waals surface area contributed by atoms with Crippen molar-refractivity contribution in [1.82, 2.24) is 4.98 Å². The average Bonchev–Trinajstić information content (AvgIpc) is 2.19. The van der Waals surface area contributed by atoms with Crippen molar-refractivity contribution < 1.29 is 9.90 Å². The number of carbonyl (C=O) groups is 1. The van der Waals surface area contributed by atoms with Crippen molar-refractivity contribution in [1.29, 1.82) is 0 Å². The standard InChI is InChI=1S/C13H13NO3/c1-7-3-8(2)13-10(4-7)9(6-12(16)17)5-11(15)14-13/h3-5H,6H2,1-2H3,(H,14,15)(H,16,17). The van der Waals surface area contributed by atoms with Crippen molar-refractivity contribution in [2.75, 3.05) is 0 Å². The largest absolute Gasteiger partial charge is 0.481 e. The molecular formula is C13H13NO3. The number of aromatic nitrogens is 1. The number of aryl methyl sites for hydroxylation is 2. The fraction of sp³-hybridized carbons (Fsp3) is 0.231. The molecule has 0 aliphatic rings. The first-order valence-electron chi connectivity index (χ1n) is 5.32. The zero-order chi connectivity index (χ0) is 12.6. The van der Waals surface area contributed by atoms with Crippen LogP contribution in [0.5, 0.6) is 0 Å². The van der Waals surface area contributed by atoms with Gasteiger partial charge in [-0.2, -0.15) is 0 Å². The van der Waals surface area contributed by atoms with Gasteiger partial charge in [-0.05, 0) is 31.0 Å². The zero-order valence-electron chi connectivity index (χ0n) is 9.70. The summed E-state index contributed by atoms with van der Waals surface area (Å²) in [6, 6.07) is 5.22. The average molecular weight is 231 g/mol. The lowest BCUT2D eigenvalue weighted by Gasteiger charge is -2.08. The quantitative estimate of drug-likeness (QED) is 0.827. The fourth-order valence-electron chi connectivity index (χ4n) is 2.09. The van der Waals surface area contributed by atoms with Crippen molar-refractivity contribution in [3.8, 4) is 0 Å². The van der Waals surface area contributed by atoms with Crippen LogP contribution in [0.3, 0.4) is 0 Å². The number of carboxylic acids is 1. The van der Waals surface area contributed by atoms with Gasteiger partial charge in [-0.25, -0.2) is 0 Å². The Labute approximate surface area is 97.9 Å². The molecule has 0 aliphatic heterocycles. The van der Waals surface area contributed by atoms with Crippen molar-refractivity contribution in [3.05, 3.63) is 45.2 Å². The Balaban J connectivity index is 2.82. The molecule has 4 nitrogen and oxygen atoms in total. The predicted molar refractivity (Wildman–Crippen MR) is 65.4 cm³/mol. The van der Waals surface area contributed by atoms with E-state index >= 15 is 0 Å². The van der Waals surface area contributed by atoms with Gasteiger partial charge < -0.3 is 10.1 Å². The number of fused-ring (bicyclic) bond motifs is 1. The topological polar surface area (TPSA) is 70.2 Å². The van der Waals surface area contributed by atoms with E-state index in [0.29, 0.717) is 5.56 Å². The minimum atomic E-state index is -0.934. The van der Waals surface area contributed by atoms with Gasteiger partial charge in [0.2, 0.25) is 5.56 Å². The normalized spacial score (nSPS) is 10.7. The molecule has 0 radical (unpaired) electrons. The molecule has 0 saturated carbocycles. The third-order valence-electron chi connectivity index (χ3n) is 2.72. The Hall–Kier alpha value is -2.10. The van der Waals surface area contributed by atoms with Crippen LogP contribution in [-0.2, 0) is 11.2 Å². The van der Waals surface area contributed by atoms with Crippen molar-refractivity contribution in [2.45, 2.75) is 20.3 Å². The van der Waals surface area contributed by atoms with Gasteiger partial charge in [0.05, 0.1) is 11.9 Å². The SMILES string of the molecule is Cc1cc(C)c2[nH]c(=O)cc(CC(=O)O)c2c1. The molecule has 0 saturated heterocycles. The summed E-state index contributed by atoms with van der Waals surface area (Å²) in [5.41, 5.74) is 3.01. The highest BCUT2D eigenvalue weighted by Gasteiger charge is 2.09. The Bertz CT molecular complexity index is 655. The van der Waals surface area contributed by atoms with Crippen LogP contribution in [0.2, 0.25) is 0 Å². The molecule has 0 bridgehead atoms. The van der Waals surface area contributed by atoms with Crippen LogP contribution >= 0.6 is 0 Å². The van der Waals surface area contributed by atoms with Crippen LogP contribution in [0.1, 0.15) is 16.7 Å². The van der Waals surface area contributed by atoms with Crippen LogP contribution in [-0.4, -0.2) is 16.1 Å². The summed E-state index contributed by atoms with van der Waals surface area (Å²) in [6.45, 7) is 3.85. The molecule has 17 heavy (non-hydrogen) atoms. The van der Waals surface area contributed by atoms with E-state index in [1.165, 1.54) is 6.07 Å². The molecule has 2 rings (SSSR count). The molecule has 2 N–H and O–H groups in total. The number of hydrogen-bond donors (Lipinski definition) is 2. The van der Waals surface area contributed by atoms with E-state index in [-0.39, 0.29) is 12.0 Å². The van der Waals surface area contributed by atoms with Gasteiger partial charge in [0.25, 0.3) is 0 Å². The van der Waals surface area contributed by atoms with Crippen LogP contribution in [0.4, 0.5) is 0 Å². The molecule has 0 fully saturated rings. The van der Waals surface area contributed by atoms with E-state index in [0.717, 1.165) is 22.0 Å². The van der Waals surface area contributed by atoms with Crippen LogP contribution in [0, 0.1) is 13.8 Å². The van der Waals surface area contributed by atoms with Gasteiger partial charge in [0, 0.05) is 11.5 Å². The second kappa shape index (κ2) is 4.05.